The zero-order chi connectivity index (χ0) is 17.2. The van der Waals surface area contributed by atoms with Gasteiger partial charge in [0.2, 0.25) is 0 Å². The lowest BCUT2D eigenvalue weighted by Gasteiger charge is -2.13. The molecule has 3 heterocycles. The molecule has 0 atom stereocenters. The Morgan fingerprint density at radius 3 is 3.00 bits per heavy atom. The maximum atomic E-state index is 12.6. The molecule has 1 aromatic carbocycles. The van der Waals surface area contributed by atoms with E-state index in [2.05, 4.69) is 15.6 Å². The lowest BCUT2D eigenvalue weighted by atomic mass is 10.1. The van der Waals surface area contributed by atoms with Crippen molar-refractivity contribution in [3.8, 4) is 11.3 Å². The van der Waals surface area contributed by atoms with Gasteiger partial charge in [-0.25, -0.2) is 0 Å². The summed E-state index contributed by atoms with van der Waals surface area (Å²) in [6.07, 6.45) is 2.21. The van der Waals surface area contributed by atoms with Crippen LogP contribution >= 0.6 is 0 Å². The predicted molar refractivity (Wildman–Crippen MR) is 89.7 cm³/mol. The molecule has 0 radical (unpaired) electrons. The van der Waals surface area contributed by atoms with Gasteiger partial charge >= 0.3 is 0 Å². The lowest BCUT2D eigenvalue weighted by molar-refractivity contribution is 0.0947. The molecule has 0 bridgehead atoms. The molecule has 25 heavy (non-hydrogen) atoms. The summed E-state index contributed by atoms with van der Waals surface area (Å²) in [7, 11) is 1.92. The van der Waals surface area contributed by atoms with E-state index in [0.29, 0.717) is 31.0 Å². The van der Waals surface area contributed by atoms with Crippen LogP contribution in [0.3, 0.4) is 0 Å². The van der Waals surface area contributed by atoms with Crippen molar-refractivity contribution in [1.29, 1.82) is 0 Å². The Morgan fingerprint density at radius 2 is 2.16 bits per heavy atom. The molecule has 1 aliphatic heterocycles. The van der Waals surface area contributed by atoms with Gasteiger partial charge in [0.15, 0.2) is 0 Å². The zero-order valence-corrected chi connectivity index (χ0v) is 13.9. The summed E-state index contributed by atoms with van der Waals surface area (Å²) in [5.74, 6) is -0.240. The van der Waals surface area contributed by atoms with Crippen LogP contribution in [0.15, 0.2) is 41.1 Å². The van der Waals surface area contributed by atoms with Crippen molar-refractivity contribution < 1.29 is 14.1 Å². The van der Waals surface area contributed by atoms with Crippen molar-refractivity contribution in [2.24, 2.45) is 7.05 Å². The minimum atomic E-state index is -0.240. The molecule has 7 nitrogen and oxygen atoms in total. The number of rotatable bonds is 4. The molecule has 2 aromatic heterocycles. The van der Waals surface area contributed by atoms with Crippen LogP contribution in [0, 0.1) is 0 Å². The summed E-state index contributed by atoms with van der Waals surface area (Å²) >= 11 is 0. The second-order valence-electron chi connectivity index (χ2n) is 5.92. The lowest BCUT2D eigenvalue weighted by Crippen LogP contribution is -2.24. The van der Waals surface area contributed by atoms with Crippen LogP contribution in [-0.2, 0) is 31.4 Å². The summed E-state index contributed by atoms with van der Waals surface area (Å²) in [5, 5.41) is 11.4. The summed E-state index contributed by atoms with van der Waals surface area (Å²) < 4.78 is 12.4. The monoisotopic (exact) mass is 338 g/mol. The average Bonchev–Trinajstić information content (AvgIpc) is 3.26. The van der Waals surface area contributed by atoms with Crippen molar-refractivity contribution in [2.45, 2.75) is 19.6 Å². The highest BCUT2D eigenvalue weighted by molar-refractivity contribution is 5.99. The van der Waals surface area contributed by atoms with Crippen LogP contribution in [0.25, 0.3) is 11.3 Å². The van der Waals surface area contributed by atoms with Gasteiger partial charge in [-0.2, -0.15) is 5.10 Å². The summed E-state index contributed by atoms with van der Waals surface area (Å²) in [6.45, 7) is 1.58. The normalized spacial score (nSPS) is 13.5. The quantitative estimate of drug-likeness (QED) is 0.787. The number of aryl methyl sites for hydroxylation is 1. The van der Waals surface area contributed by atoms with Gasteiger partial charge in [0.25, 0.3) is 5.91 Å². The SMILES string of the molecule is Cn1nc(CNC(=O)c2conc2-c2ccccc2)c2c1CCOC2. The van der Waals surface area contributed by atoms with E-state index in [1.807, 2.05) is 42.1 Å². The number of ether oxygens (including phenoxy) is 1. The number of nitrogens with one attached hydrogen (secondary N) is 1. The highest BCUT2D eigenvalue weighted by atomic mass is 16.5. The third-order valence-corrected chi connectivity index (χ3v) is 4.37. The van der Waals surface area contributed by atoms with Crippen LogP contribution in [0.1, 0.15) is 27.3 Å². The molecule has 0 aliphatic carbocycles. The van der Waals surface area contributed by atoms with E-state index in [1.165, 1.54) is 12.0 Å². The van der Waals surface area contributed by atoms with Crippen molar-refractivity contribution in [2.75, 3.05) is 6.61 Å². The second kappa shape index (κ2) is 6.52. The molecule has 0 unspecified atom stereocenters. The van der Waals surface area contributed by atoms with Gasteiger partial charge < -0.3 is 14.6 Å². The van der Waals surface area contributed by atoms with Gasteiger partial charge in [-0.05, 0) is 0 Å². The molecule has 1 aliphatic rings. The first-order valence-corrected chi connectivity index (χ1v) is 8.13. The zero-order valence-electron chi connectivity index (χ0n) is 13.9. The first kappa shape index (κ1) is 15.6. The van der Waals surface area contributed by atoms with E-state index in [4.69, 9.17) is 9.26 Å². The molecular formula is C18H18N4O3. The first-order valence-electron chi connectivity index (χ1n) is 8.13. The van der Waals surface area contributed by atoms with Crippen LogP contribution in [0.2, 0.25) is 0 Å². The second-order valence-corrected chi connectivity index (χ2v) is 5.92. The van der Waals surface area contributed by atoms with E-state index in [-0.39, 0.29) is 5.91 Å². The fourth-order valence-corrected chi connectivity index (χ4v) is 3.09. The highest BCUT2D eigenvalue weighted by Gasteiger charge is 2.22. The van der Waals surface area contributed by atoms with Crippen molar-refractivity contribution in [3.05, 3.63) is 59.1 Å². The number of aromatic nitrogens is 3. The van der Waals surface area contributed by atoms with Crippen LogP contribution in [0.4, 0.5) is 0 Å². The third-order valence-electron chi connectivity index (χ3n) is 4.37. The number of hydrogen-bond acceptors (Lipinski definition) is 5. The fraction of sp³-hybridized carbons (Fsp3) is 0.278. The maximum absolute atomic E-state index is 12.6. The molecule has 0 spiro atoms. The minimum absolute atomic E-state index is 0.240. The van der Waals surface area contributed by atoms with Gasteiger partial charge in [0.1, 0.15) is 17.5 Å². The van der Waals surface area contributed by atoms with E-state index >= 15 is 0 Å². The van der Waals surface area contributed by atoms with Crippen molar-refractivity contribution in [3.63, 3.8) is 0 Å². The van der Waals surface area contributed by atoms with Gasteiger partial charge in [-0.1, -0.05) is 35.5 Å². The molecule has 0 saturated heterocycles. The molecule has 1 amide bonds. The van der Waals surface area contributed by atoms with E-state index in [0.717, 1.165) is 23.2 Å². The Morgan fingerprint density at radius 1 is 1.32 bits per heavy atom. The molecule has 7 heteroatoms. The maximum Gasteiger partial charge on any atom is 0.257 e. The molecule has 3 aromatic rings. The number of carbonyl (C=O) groups is 1. The number of benzene rings is 1. The van der Waals surface area contributed by atoms with Crippen LogP contribution in [-0.4, -0.2) is 27.5 Å². The van der Waals surface area contributed by atoms with Gasteiger partial charge in [-0.3, -0.25) is 9.48 Å². The molecule has 0 saturated carbocycles. The molecule has 1 N–H and O–H groups in total. The Balaban J connectivity index is 1.52. The molecular weight excluding hydrogens is 320 g/mol. The summed E-state index contributed by atoms with van der Waals surface area (Å²) in [6, 6.07) is 9.48. The summed E-state index contributed by atoms with van der Waals surface area (Å²) in [5.41, 5.74) is 4.86. The smallest absolute Gasteiger partial charge is 0.257 e. The van der Waals surface area contributed by atoms with Crippen LogP contribution in [0.5, 0.6) is 0 Å². The molecule has 4 rings (SSSR count). The molecule has 128 valence electrons. The standard InChI is InChI=1S/C18H18N4O3/c1-22-16-7-8-24-10-13(16)15(20-22)9-19-18(23)14-11-25-21-17(14)12-5-3-2-4-6-12/h2-6,11H,7-10H2,1H3,(H,19,23). The van der Waals surface area contributed by atoms with E-state index in [9.17, 15) is 4.79 Å². The Labute approximate surface area is 144 Å². The third kappa shape index (κ3) is 2.94. The van der Waals surface area contributed by atoms with Gasteiger partial charge in [0, 0.05) is 30.3 Å². The fourth-order valence-electron chi connectivity index (χ4n) is 3.09. The highest BCUT2D eigenvalue weighted by Crippen LogP contribution is 2.23. The number of amides is 1. The molecule has 0 fully saturated rings. The van der Waals surface area contributed by atoms with Crippen molar-refractivity contribution >= 4 is 5.91 Å². The Hall–Kier alpha value is -2.93. The average molecular weight is 338 g/mol. The topological polar surface area (TPSA) is 82.2 Å². The Kier molecular flexibility index (Phi) is 4.07. The first-order chi connectivity index (χ1) is 12.2. The number of fused-ring (bicyclic) bond motifs is 1. The Bertz CT molecular complexity index is 898. The largest absolute Gasteiger partial charge is 0.376 e. The minimum Gasteiger partial charge on any atom is -0.376 e. The van der Waals surface area contributed by atoms with Gasteiger partial charge in [0.05, 0.1) is 25.5 Å². The van der Waals surface area contributed by atoms with E-state index in [1.54, 1.807) is 0 Å². The number of hydrogen-bond donors (Lipinski definition) is 1. The predicted octanol–water partition coefficient (Wildman–Crippen LogP) is 2.08. The van der Waals surface area contributed by atoms with Crippen molar-refractivity contribution in [1.82, 2.24) is 20.3 Å². The van der Waals surface area contributed by atoms with Gasteiger partial charge in [-0.15, -0.1) is 0 Å². The summed E-state index contributed by atoms with van der Waals surface area (Å²) in [4.78, 5) is 12.6. The number of carbonyl (C=O) groups excluding carboxylic acids is 1. The number of nitrogens with zero attached hydrogens (tertiary/aromatic N) is 3. The van der Waals surface area contributed by atoms with E-state index < -0.39 is 0 Å². The van der Waals surface area contributed by atoms with Crippen LogP contribution < -0.4 is 5.32 Å².